The van der Waals surface area contributed by atoms with Crippen LogP contribution in [0, 0.1) is 6.92 Å². The minimum atomic E-state index is -3.47. The Morgan fingerprint density at radius 2 is 1.96 bits per heavy atom. The van der Waals surface area contributed by atoms with E-state index in [0.717, 1.165) is 23.3 Å². The Labute approximate surface area is 174 Å². The number of aryl methyl sites for hydroxylation is 3. The lowest BCUT2D eigenvalue weighted by Crippen LogP contribution is -2.10. The zero-order valence-corrected chi connectivity index (χ0v) is 18.1. The fourth-order valence-electron chi connectivity index (χ4n) is 3.28. The Morgan fingerprint density at radius 1 is 1.21 bits per heavy atom. The number of rotatable bonds is 7. The number of benzene rings is 1. The summed E-state index contributed by atoms with van der Waals surface area (Å²) in [5.74, 6) is 1.35. The first kappa shape index (κ1) is 20.9. The summed E-state index contributed by atoms with van der Waals surface area (Å²) in [5.41, 5.74) is 8.64. The van der Waals surface area contributed by atoms with E-state index in [1.165, 1.54) is 18.2 Å². The number of hydrogen-bond acceptors (Lipinski definition) is 5. The summed E-state index contributed by atoms with van der Waals surface area (Å²) in [6.07, 6.45) is 3.68. The number of aromatic nitrogens is 3. The SMILES string of the molecule is CCc1nc2c(N)ncc(C)c2n1CCCCS(=O)(=O)c1ccc(Cl)cc1Cl. The molecular formula is C19H22Cl2N4O2S. The lowest BCUT2D eigenvalue weighted by molar-refractivity contribution is 0.581. The number of hydrogen-bond donors (Lipinski definition) is 1. The summed E-state index contributed by atoms with van der Waals surface area (Å²) in [4.78, 5) is 8.91. The van der Waals surface area contributed by atoms with E-state index >= 15 is 0 Å². The lowest BCUT2D eigenvalue weighted by Gasteiger charge is -2.11. The molecule has 0 amide bonds. The summed E-state index contributed by atoms with van der Waals surface area (Å²) in [6.45, 7) is 4.66. The summed E-state index contributed by atoms with van der Waals surface area (Å²) < 4.78 is 27.3. The molecule has 28 heavy (non-hydrogen) atoms. The number of halogens is 2. The van der Waals surface area contributed by atoms with Crippen LogP contribution in [0.3, 0.4) is 0 Å². The monoisotopic (exact) mass is 440 g/mol. The van der Waals surface area contributed by atoms with E-state index in [0.29, 0.717) is 35.7 Å². The van der Waals surface area contributed by atoms with E-state index in [1.807, 2.05) is 13.8 Å². The molecule has 0 radical (unpaired) electrons. The van der Waals surface area contributed by atoms with Crippen molar-refractivity contribution in [3.8, 4) is 0 Å². The van der Waals surface area contributed by atoms with Gasteiger partial charge in [0.1, 0.15) is 11.3 Å². The normalized spacial score (nSPS) is 12.0. The van der Waals surface area contributed by atoms with Crippen molar-refractivity contribution < 1.29 is 8.42 Å². The molecular weight excluding hydrogens is 419 g/mol. The number of unbranched alkanes of at least 4 members (excludes halogenated alkanes) is 1. The van der Waals surface area contributed by atoms with Gasteiger partial charge in [-0.2, -0.15) is 0 Å². The first-order valence-electron chi connectivity index (χ1n) is 9.02. The van der Waals surface area contributed by atoms with Crippen molar-refractivity contribution in [3.05, 3.63) is 45.8 Å². The second-order valence-corrected chi connectivity index (χ2v) is 9.58. The number of sulfone groups is 1. The van der Waals surface area contributed by atoms with Gasteiger partial charge in [0.25, 0.3) is 0 Å². The van der Waals surface area contributed by atoms with Crippen LogP contribution in [0.25, 0.3) is 11.0 Å². The molecule has 0 unspecified atom stereocenters. The third kappa shape index (κ3) is 4.11. The molecule has 0 saturated carbocycles. The Bertz CT molecular complexity index is 1130. The van der Waals surface area contributed by atoms with Crippen molar-refractivity contribution in [1.82, 2.24) is 14.5 Å². The van der Waals surface area contributed by atoms with Crippen LogP contribution < -0.4 is 5.73 Å². The Morgan fingerprint density at radius 3 is 2.64 bits per heavy atom. The summed E-state index contributed by atoms with van der Waals surface area (Å²) in [7, 11) is -3.47. The van der Waals surface area contributed by atoms with E-state index in [-0.39, 0.29) is 15.7 Å². The predicted molar refractivity (Wildman–Crippen MR) is 114 cm³/mol. The molecule has 0 aliphatic heterocycles. The molecule has 1 aromatic carbocycles. The van der Waals surface area contributed by atoms with Crippen LogP contribution >= 0.6 is 23.2 Å². The predicted octanol–water partition coefficient (Wildman–Crippen LogP) is 4.45. The van der Waals surface area contributed by atoms with Crippen LogP contribution in [-0.4, -0.2) is 28.7 Å². The van der Waals surface area contributed by atoms with Crippen LogP contribution in [0.1, 0.15) is 31.2 Å². The van der Waals surface area contributed by atoms with Crippen LogP contribution in [0.2, 0.25) is 10.0 Å². The molecule has 0 aliphatic rings. The number of nitrogens with two attached hydrogens (primary N) is 1. The van der Waals surface area contributed by atoms with E-state index < -0.39 is 9.84 Å². The molecule has 2 N–H and O–H groups in total. The van der Waals surface area contributed by atoms with Crippen molar-refractivity contribution in [3.63, 3.8) is 0 Å². The number of anilines is 1. The van der Waals surface area contributed by atoms with Crippen LogP contribution in [0.15, 0.2) is 29.3 Å². The highest BCUT2D eigenvalue weighted by molar-refractivity contribution is 7.91. The molecule has 0 fully saturated rings. The van der Waals surface area contributed by atoms with Crippen molar-refractivity contribution in [2.24, 2.45) is 0 Å². The molecule has 3 rings (SSSR count). The van der Waals surface area contributed by atoms with E-state index in [2.05, 4.69) is 14.5 Å². The number of fused-ring (bicyclic) bond motifs is 1. The van der Waals surface area contributed by atoms with Crippen LogP contribution in [0.4, 0.5) is 5.82 Å². The Kier molecular flexibility index (Phi) is 6.17. The maximum absolute atomic E-state index is 12.6. The quantitative estimate of drug-likeness (QED) is 0.548. The van der Waals surface area contributed by atoms with Gasteiger partial charge in [-0.1, -0.05) is 30.1 Å². The van der Waals surface area contributed by atoms with Gasteiger partial charge in [0, 0.05) is 24.2 Å². The number of pyridine rings is 1. The molecule has 0 atom stereocenters. The molecule has 0 bridgehead atoms. The number of nitrogens with zero attached hydrogens (tertiary/aromatic N) is 3. The van der Waals surface area contributed by atoms with E-state index in [9.17, 15) is 8.42 Å². The second-order valence-electron chi connectivity index (χ2n) is 6.66. The molecule has 3 aromatic rings. The zero-order chi connectivity index (χ0) is 20.5. The van der Waals surface area contributed by atoms with Crippen molar-refractivity contribution >= 4 is 49.9 Å². The molecule has 6 nitrogen and oxygen atoms in total. The summed E-state index contributed by atoms with van der Waals surface area (Å²) >= 11 is 11.9. The van der Waals surface area contributed by atoms with Gasteiger partial charge in [0.15, 0.2) is 15.7 Å². The van der Waals surface area contributed by atoms with E-state index in [1.54, 1.807) is 6.20 Å². The van der Waals surface area contributed by atoms with Gasteiger partial charge in [-0.3, -0.25) is 0 Å². The Balaban J connectivity index is 1.74. The van der Waals surface area contributed by atoms with E-state index in [4.69, 9.17) is 28.9 Å². The first-order valence-corrected chi connectivity index (χ1v) is 11.4. The highest BCUT2D eigenvalue weighted by atomic mass is 35.5. The van der Waals surface area contributed by atoms with Gasteiger partial charge in [0.05, 0.1) is 21.2 Å². The van der Waals surface area contributed by atoms with Crippen molar-refractivity contribution in [2.45, 2.75) is 44.6 Å². The minimum Gasteiger partial charge on any atom is -0.382 e. The minimum absolute atomic E-state index is 0.0190. The maximum Gasteiger partial charge on any atom is 0.179 e. The number of nitrogen functional groups attached to an aromatic ring is 1. The van der Waals surface area contributed by atoms with Gasteiger partial charge in [0.2, 0.25) is 0 Å². The van der Waals surface area contributed by atoms with Gasteiger partial charge in [-0.25, -0.2) is 18.4 Å². The summed E-state index contributed by atoms with van der Waals surface area (Å²) in [6, 6.07) is 4.44. The lowest BCUT2D eigenvalue weighted by atomic mass is 10.2. The fraction of sp³-hybridized carbons (Fsp3) is 0.368. The second kappa shape index (κ2) is 8.27. The van der Waals surface area contributed by atoms with Gasteiger partial charge in [-0.05, 0) is 43.5 Å². The van der Waals surface area contributed by atoms with Crippen LogP contribution in [-0.2, 0) is 22.8 Å². The standard InChI is InChI=1S/C19H22Cl2N4O2S/c1-3-16-24-17-18(12(2)11-23-19(17)22)25(16)8-4-5-9-28(26,27)15-7-6-13(20)10-14(15)21/h6-7,10-11H,3-5,8-9H2,1-2H3,(H2,22,23). The third-order valence-corrected chi connectivity index (χ3v) is 7.16. The average Bonchev–Trinajstić information content (AvgIpc) is 3.01. The van der Waals surface area contributed by atoms with Gasteiger partial charge < -0.3 is 10.3 Å². The largest absolute Gasteiger partial charge is 0.382 e. The molecule has 150 valence electrons. The number of imidazole rings is 1. The third-order valence-electron chi connectivity index (χ3n) is 4.65. The first-order chi connectivity index (χ1) is 13.2. The summed E-state index contributed by atoms with van der Waals surface area (Å²) in [5, 5.41) is 0.562. The molecule has 2 heterocycles. The van der Waals surface area contributed by atoms with Crippen molar-refractivity contribution in [2.75, 3.05) is 11.5 Å². The van der Waals surface area contributed by atoms with Gasteiger partial charge >= 0.3 is 0 Å². The van der Waals surface area contributed by atoms with Crippen molar-refractivity contribution in [1.29, 1.82) is 0 Å². The average molecular weight is 441 g/mol. The molecule has 0 spiro atoms. The van der Waals surface area contributed by atoms with Gasteiger partial charge in [-0.15, -0.1) is 0 Å². The zero-order valence-electron chi connectivity index (χ0n) is 15.7. The molecule has 0 saturated heterocycles. The van der Waals surface area contributed by atoms with Crippen LogP contribution in [0.5, 0.6) is 0 Å². The maximum atomic E-state index is 12.6. The molecule has 9 heteroatoms. The molecule has 0 aliphatic carbocycles. The Hall–Kier alpha value is -1.83. The smallest absolute Gasteiger partial charge is 0.179 e. The molecule has 2 aromatic heterocycles. The highest BCUT2D eigenvalue weighted by Gasteiger charge is 2.19. The topological polar surface area (TPSA) is 90.9 Å². The highest BCUT2D eigenvalue weighted by Crippen LogP contribution is 2.27. The fourth-order valence-corrected chi connectivity index (χ4v) is 5.47.